The SMILES string of the molecule is Clc1ccc(Nc2nc3nonc3nc2Nc2ccc(Cl)cc2Cl)c(Cl)c1. The molecular weight excluding hydrogens is 434 g/mol. The molecule has 2 heterocycles. The molecule has 0 spiro atoms. The monoisotopic (exact) mass is 440 g/mol. The summed E-state index contributed by atoms with van der Waals surface area (Å²) < 4.78 is 4.69. The molecule has 0 aliphatic rings. The molecule has 2 aromatic heterocycles. The van der Waals surface area contributed by atoms with Gasteiger partial charge in [-0.2, -0.15) is 0 Å². The average molecular weight is 442 g/mol. The molecule has 0 fully saturated rings. The summed E-state index contributed by atoms with van der Waals surface area (Å²) in [7, 11) is 0. The van der Waals surface area contributed by atoms with Crippen LogP contribution in [0.5, 0.6) is 0 Å². The fraction of sp³-hybridized carbons (Fsp3) is 0. The van der Waals surface area contributed by atoms with Crippen molar-refractivity contribution in [2.75, 3.05) is 10.6 Å². The number of halogens is 4. The van der Waals surface area contributed by atoms with Gasteiger partial charge in [0.1, 0.15) is 0 Å². The van der Waals surface area contributed by atoms with E-state index in [0.717, 1.165) is 0 Å². The van der Waals surface area contributed by atoms with Crippen LogP contribution in [0, 0.1) is 0 Å². The van der Waals surface area contributed by atoms with E-state index in [1.165, 1.54) is 0 Å². The van der Waals surface area contributed by atoms with Gasteiger partial charge in [0.05, 0.1) is 21.4 Å². The third-order valence-corrected chi connectivity index (χ3v) is 4.58. The van der Waals surface area contributed by atoms with Gasteiger partial charge in [-0.3, -0.25) is 0 Å². The zero-order chi connectivity index (χ0) is 19.0. The molecule has 136 valence electrons. The number of hydrogen-bond acceptors (Lipinski definition) is 7. The zero-order valence-corrected chi connectivity index (χ0v) is 16.2. The van der Waals surface area contributed by atoms with Crippen LogP contribution in [0.3, 0.4) is 0 Å². The van der Waals surface area contributed by atoms with E-state index in [4.69, 9.17) is 46.4 Å². The van der Waals surface area contributed by atoms with Crippen LogP contribution in [0.2, 0.25) is 20.1 Å². The van der Waals surface area contributed by atoms with Crippen molar-refractivity contribution in [1.29, 1.82) is 0 Å². The van der Waals surface area contributed by atoms with E-state index >= 15 is 0 Å². The van der Waals surface area contributed by atoms with Gasteiger partial charge in [-0.25, -0.2) is 14.6 Å². The second-order valence-corrected chi connectivity index (χ2v) is 7.02. The van der Waals surface area contributed by atoms with Crippen molar-refractivity contribution in [2.24, 2.45) is 0 Å². The molecule has 11 heteroatoms. The second kappa shape index (κ2) is 7.36. The average Bonchev–Trinajstić information content (AvgIpc) is 3.07. The van der Waals surface area contributed by atoms with E-state index in [9.17, 15) is 0 Å². The summed E-state index contributed by atoms with van der Waals surface area (Å²) in [6.45, 7) is 0. The molecule has 7 nitrogen and oxygen atoms in total. The minimum atomic E-state index is 0.232. The van der Waals surface area contributed by atoms with Crippen molar-refractivity contribution in [2.45, 2.75) is 0 Å². The van der Waals surface area contributed by atoms with Crippen LogP contribution >= 0.6 is 46.4 Å². The van der Waals surface area contributed by atoms with Crippen molar-refractivity contribution in [3.05, 3.63) is 56.5 Å². The van der Waals surface area contributed by atoms with Gasteiger partial charge in [0.15, 0.2) is 11.6 Å². The Balaban J connectivity index is 1.77. The third kappa shape index (κ3) is 3.86. The highest BCUT2D eigenvalue weighted by Gasteiger charge is 2.15. The van der Waals surface area contributed by atoms with E-state index in [-0.39, 0.29) is 11.3 Å². The van der Waals surface area contributed by atoms with E-state index in [1.807, 2.05) is 0 Å². The van der Waals surface area contributed by atoms with Crippen LogP contribution in [0.4, 0.5) is 23.0 Å². The molecule has 4 rings (SSSR count). The number of hydrogen-bond donors (Lipinski definition) is 2. The van der Waals surface area contributed by atoms with Crippen molar-refractivity contribution in [1.82, 2.24) is 20.3 Å². The van der Waals surface area contributed by atoms with Crippen LogP contribution in [0.15, 0.2) is 41.0 Å². The predicted octanol–water partition coefficient (Wildman–Crippen LogP) is 6.11. The van der Waals surface area contributed by atoms with Gasteiger partial charge >= 0.3 is 0 Å². The molecule has 0 aliphatic heterocycles. The minimum absolute atomic E-state index is 0.232. The Kier molecular flexibility index (Phi) is 4.92. The van der Waals surface area contributed by atoms with Crippen molar-refractivity contribution in [3.63, 3.8) is 0 Å². The molecule has 0 unspecified atom stereocenters. The zero-order valence-electron chi connectivity index (χ0n) is 13.2. The molecule has 0 amide bonds. The van der Waals surface area contributed by atoms with Crippen molar-refractivity contribution in [3.8, 4) is 0 Å². The molecule has 2 aromatic carbocycles. The van der Waals surface area contributed by atoms with Crippen molar-refractivity contribution < 1.29 is 4.63 Å². The first-order valence-electron chi connectivity index (χ1n) is 7.44. The van der Waals surface area contributed by atoms with Gasteiger partial charge in [0, 0.05) is 10.0 Å². The minimum Gasteiger partial charge on any atom is -0.336 e. The van der Waals surface area contributed by atoms with E-state index in [0.29, 0.717) is 43.1 Å². The first-order chi connectivity index (χ1) is 13.0. The Morgan fingerprint density at radius 2 is 1.11 bits per heavy atom. The van der Waals surface area contributed by atoms with Crippen LogP contribution in [-0.2, 0) is 0 Å². The number of nitrogens with one attached hydrogen (secondary N) is 2. The molecule has 27 heavy (non-hydrogen) atoms. The molecule has 0 radical (unpaired) electrons. The highest BCUT2D eigenvalue weighted by atomic mass is 35.5. The Bertz CT molecular complexity index is 1060. The summed E-state index contributed by atoms with van der Waals surface area (Å²) >= 11 is 24.4. The smallest absolute Gasteiger partial charge is 0.245 e. The molecular formula is C16H8Cl4N6O. The normalized spacial score (nSPS) is 11.0. The van der Waals surface area contributed by atoms with E-state index in [2.05, 4.69) is 35.5 Å². The lowest BCUT2D eigenvalue weighted by Crippen LogP contribution is -2.04. The molecule has 0 atom stereocenters. The molecule has 0 saturated heterocycles. The maximum Gasteiger partial charge on any atom is 0.245 e. The van der Waals surface area contributed by atoms with E-state index in [1.54, 1.807) is 36.4 Å². The Hall–Kier alpha value is -2.32. The Labute approximate surface area is 172 Å². The summed E-state index contributed by atoms with van der Waals surface area (Å²) in [5.74, 6) is 0.682. The first kappa shape index (κ1) is 18.1. The lowest BCUT2D eigenvalue weighted by Gasteiger charge is -2.13. The van der Waals surface area contributed by atoms with Crippen LogP contribution in [-0.4, -0.2) is 20.3 Å². The molecule has 2 N–H and O–H groups in total. The maximum atomic E-state index is 6.23. The standard InChI is InChI=1S/C16H8Cl4N6O/c17-7-1-3-11(9(19)5-7)21-13-14(24-16-15(23-13)25-27-26-16)22-12-4-2-8(18)6-10(12)20/h1-6H,(H,21,23,25)(H,22,24,26). The highest BCUT2D eigenvalue weighted by Crippen LogP contribution is 2.33. The highest BCUT2D eigenvalue weighted by molar-refractivity contribution is 6.37. The Morgan fingerprint density at radius 3 is 1.52 bits per heavy atom. The lowest BCUT2D eigenvalue weighted by atomic mass is 10.3. The summed E-state index contributed by atoms with van der Waals surface area (Å²) in [6.07, 6.45) is 0. The van der Waals surface area contributed by atoms with Gasteiger partial charge in [-0.05, 0) is 46.7 Å². The van der Waals surface area contributed by atoms with Crippen LogP contribution in [0.25, 0.3) is 11.3 Å². The number of nitrogens with zero attached hydrogens (tertiary/aromatic N) is 4. The summed E-state index contributed by atoms with van der Waals surface area (Å²) in [5, 5.41) is 15.5. The molecule has 4 aromatic rings. The summed E-state index contributed by atoms with van der Waals surface area (Å²) in [4.78, 5) is 8.75. The summed E-state index contributed by atoms with van der Waals surface area (Å²) in [5.41, 5.74) is 1.62. The fourth-order valence-electron chi connectivity index (χ4n) is 2.25. The number of anilines is 4. The van der Waals surface area contributed by atoms with Crippen LogP contribution in [0.1, 0.15) is 0 Å². The molecule has 0 saturated carbocycles. The van der Waals surface area contributed by atoms with Gasteiger partial charge in [-0.15, -0.1) is 0 Å². The number of fused-ring (bicyclic) bond motifs is 1. The number of rotatable bonds is 4. The first-order valence-corrected chi connectivity index (χ1v) is 8.95. The lowest BCUT2D eigenvalue weighted by molar-refractivity contribution is 0.314. The fourth-order valence-corrected chi connectivity index (χ4v) is 3.16. The van der Waals surface area contributed by atoms with Crippen molar-refractivity contribution >= 4 is 80.7 Å². The topological polar surface area (TPSA) is 88.8 Å². The van der Waals surface area contributed by atoms with Gasteiger partial charge in [-0.1, -0.05) is 46.4 Å². The van der Waals surface area contributed by atoms with Gasteiger partial charge in [0.2, 0.25) is 11.3 Å². The quantitative estimate of drug-likeness (QED) is 0.394. The molecule has 0 bridgehead atoms. The third-order valence-electron chi connectivity index (χ3n) is 3.48. The molecule has 0 aliphatic carbocycles. The van der Waals surface area contributed by atoms with Gasteiger partial charge in [0.25, 0.3) is 0 Å². The number of aromatic nitrogens is 4. The Morgan fingerprint density at radius 1 is 0.667 bits per heavy atom. The predicted molar refractivity (Wildman–Crippen MR) is 107 cm³/mol. The summed E-state index contributed by atoms with van der Waals surface area (Å²) in [6, 6.07) is 10.1. The maximum absolute atomic E-state index is 6.23. The van der Waals surface area contributed by atoms with Gasteiger partial charge < -0.3 is 10.6 Å². The largest absolute Gasteiger partial charge is 0.336 e. The second-order valence-electron chi connectivity index (χ2n) is 5.33. The number of benzene rings is 2. The van der Waals surface area contributed by atoms with E-state index < -0.39 is 0 Å². The van der Waals surface area contributed by atoms with Crippen LogP contribution < -0.4 is 10.6 Å².